The second-order valence-corrected chi connectivity index (χ2v) is 7.69. The van der Waals surface area contributed by atoms with Gasteiger partial charge in [-0.25, -0.2) is 9.50 Å². The Kier molecular flexibility index (Phi) is 4.05. The van der Waals surface area contributed by atoms with Gasteiger partial charge in [-0.2, -0.15) is 0 Å². The molecule has 1 aliphatic heterocycles. The van der Waals surface area contributed by atoms with Crippen molar-refractivity contribution >= 4 is 27.1 Å². The summed E-state index contributed by atoms with van der Waals surface area (Å²) in [5, 5.41) is 8.91. The van der Waals surface area contributed by atoms with Gasteiger partial charge in [0.05, 0.1) is 11.9 Å². The fourth-order valence-corrected chi connectivity index (χ4v) is 3.90. The van der Waals surface area contributed by atoms with Gasteiger partial charge in [-0.05, 0) is 29.8 Å². The number of ether oxygens (including phenoxy) is 2. The van der Waals surface area contributed by atoms with Gasteiger partial charge in [0.25, 0.3) is 0 Å². The fourth-order valence-electron chi connectivity index (χ4n) is 3.13. The number of benzene rings is 2. The Hall–Kier alpha value is -3.26. The lowest BCUT2D eigenvalue weighted by molar-refractivity contribution is 0.174. The molecule has 0 bridgehead atoms. The molecule has 4 aromatic rings. The van der Waals surface area contributed by atoms with Crippen LogP contribution in [0.2, 0.25) is 0 Å². The highest BCUT2D eigenvalue weighted by molar-refractivity contribution is 7.20. The number of hydrogen-bond acceptors (Lipinski definition) is 7. The molecule has 0 aliphatic carbocycles. The Morgan fingerprint density at radius 3 is 2.93 bits per heavy atom. The predicted octanol–water partition coefficient (Wildman–Crippen LogP) is 3.86. The molecule has 28 heavy (non-hydrogen) atoms. The Morgan fingerprint density at radius 2 is 2.04 bits per heavy atom. The van der Waals surface area contributed by atoms with E-state index in [1.807, 2.05) is 43.0 Å². The number of hydrogen-bond donors (Lipinski definition) is 1. The maximum atomic E-state index is 5.44. The van der Waals surface area contributed by atoms with E-state index in [2.05, 4.69) is 39.5 Å². The van der Waals surface area contributed by atoms with Crippen molar-refractivity contribution in [3.8, 4) is 22.8 Å². The van der Waals surface area contributed by atoms with E-state index in [4.69, 9.17) is 14.6 Å². The topological polar surface area (TPSA) is 63.9 Å². The normalized spacial score (nSPS) is 12.5. The summed E-state index contributed by atoms with van der Waals surface area (Å²) in [4.78, 5) is 7.47. The van der Waals surface area contributed by atoms with Crippen LogP contribution in [0.3, 0.4) is 0 Å². The molecule has 0 saturated carbocycles. The summed E-state index contributed by atoms with van der Waals surface area (Å²) in [6, 6.07) is 14.3. The van der Waals surface area contributed by atoms with Crippen molar-refractivity contribution in [1.29, 1.82) is 0 Å². The van der Waals surface area contributed by atoms with Crippen molar-refractivity contribution < 1.29 is 9.47 Å². The quantitative estimate of drug-likeness (QED) is 0.555. The molecule has 2 aromatic heterocycles. The molecule has 0 saturated heterocycles. The summed E-state index contributed by atoms with van der Waals surface area (Å²) in [6.45, 7) is 0.937. The summed E-state index contributed by atoms with van der Waals surface area (Å²) < 4.78 is 12.7. The highest BCUT2D eigenvalue weighted by atomic mass is 32.1. The largest absolute Gasteiger partial charge is 0.454 e. The van der Waals surface area contributed by atoms with E-state index in [0.717, 1.165) is 44.1 Å². The van der Waals surface area contributed by atoms with Crippen LogP contribution < -0.4 is 19.7 Å². The molecule has 7 nitrogen and oxygen atoms in total. The molecule has 2 aromatic carbocycles. The zero-order valence-electron chi connectivity index (χ0n) is 15.5. The lowest BCUT2D eigenvalue weighted by Gasteiger charge is -2.13. The number of nitrogens with one attached hydrogen (secondary N) is 1. The molecular formula is C20H19N5O2S. The second kappa shape index (κ2) is 6.72. The van der Waals surface area contributed by atoms with Gasteiger partial charge in [0, 0.05) is 31.9 Å². The number of rotatable bonds is 5. The third-order valence-electron chi connectivity index (χ3n) is 4.62. The first-order valence-corrected chi connectivity index (χ1v) is 9.74. The first-order valence-electron chi connectivity index (χ1n) is 8.92. The molecule has 0 spiro atoms. The zero-order valence-corrected chi connectivity index (χ0v) is 16.4. The summed E-state index contributed by atoms with van der Waals surface area (Å²) in [6.07, 6.45) is 1.87. The monoisotopic (exact) mass is 393 g/mol. The van der Waals surface area contributed by atoms with Crippen LogP contribution >= 0.6 is 11.3 Å². The summed E-state index contributed by atoms with van der Waals surface area (Å²) >= 11 is 1.53. The second-order valence-electron chi connectivity index (χ2n) is 6.73. The number of nitrogens with zero attached hydrogens (tertiary/aromatic N) is 4. The van der Waals surface area contributed by atoms with Crippen LogP contribution in [0.15, 0.2) is 48.7 Å². The van der Waals surface area contributed by atoms with Crippen LogP contribution in [0.5, 0.6) is 11.5 Å². The number of fused-ring (bicyclic) bond motifs is 2. The van der Waals surface area contributed by atoms with E-state index < -0.39 is 0 Å². The maximum absolute atomic E-state index is 5.44. The Balaban J connectivity index is 1.38. The highest BCUT2D eigenvalue weighted by Crippen LogP contribution is 2.33. The molecule has 0 radical (unpaired) electrons. The number of anilines is 2. The average molecular weight is 393 g/mol. The van der Waals surface area contributed by atoms with Crippen molar-refractivity contribution in [2.75, 3.05) is 31.1 Å². The molecule has 3 heterocycles. The van der Waals surface area contributed by atoms with Crippen LogP contribution in [0.4, 0.5) is 10.8 Å². The molecule has 1 aliphatic rings. The molecule has 0 amide bonds. The van der Waals surface area contributed by atoms with Gasteiger partial charge >= 0.3 is 0 Å². The van der Waals surface area contributed by atoms with Crippen molar-refractivity contribution in [3.05, 3.63) is 54.2 Å². The van der Waals surface area contributed by atoms with Gasteiger partial charge in [-0.15, -0.1) is 5.10 Å². The summed E-state index contributed by atoms with van der Waals surface area (Å²) in [7, 11) is 4.07. The Morgan fingerprint density at radius 1 is 1.14 bits per heavy atom. The number of imidazole rings is 1. The minimum absolute atomic E-state index is 0.285. The van der Waals surface area contributed by atoms with Crippen LogP contribution in [-0.2, 0) is 6.54 Å². The van der Waals surface area contributed by atoms with Gasteiger partial charge < -0.3 is 19.7 Å². The van der Waals surface area contributed by atoms with E-state index in [1.54, 1.807) is 0 Å². The first kappa shape index (κ1) is 16.9. The summed E-state index contributed by atoms with van der Waals surface area (Å²) in [5.74, 6) is 1.58. The van der Waals surface area contributed by atoms with E-state index in [0.29, 0.717) is 6.54 Å². The van der Waals surface area contributed by atoms with Crippen LogP contribution in [0.1, 0.15) is 5.56 Å². The van der Waals surface area contributed by atoms with Crippen molar-refractivity contribution in [1.82, 2.24) is 14.6 Å². The predicted molar refractivity (Wildman–Crippen MR) is 111 cm³/mol. The lowest BCUT2D eigenvalue weighted by atomic mass is 10.1. The minimum atomic E-state index is 0.285. The summed E-state index contributed by atoms with van der Waals surface area (Å²) in [5.41, 5.74) is 4.32. The molecule has 0 fully saturated rings. The average Bonchev–Trinajstić information content (AvgIpc) is 3.41. The Labute approximate surface area is 166 Å². The van der Waals surface area contributed by atoms with Crippen molar-refractivity contribution in [2.24, 2.45) is 0 Å². The van der Waals surface area contributed by atoms with Gasteiger partial charge in [0.1, 0.15) is 0 Å². The third kappa shape index (κ3) is 3.01. The SMILES string of the molecule is CN(C)c1cccc(-c2cnc3sc(NCc4ccc5c(c4)OCO5)nn23)c1. The van der Waals surface area contributed by atoms with Crippen LogP contribution in [0.25, 0.3) is 16.2 Å². The molecule has 5 rings (SSSR count). The van der Waals surface area contributed by atoms with Crippen molar-refractivity contribution in [2.45, 2.75) is 6.54 Å². The molecule has 1 N–H and O–H groups in total. The molecular weight excluding hydrogens is 374 g/mol. The molecule has 142 valence electrons. The minimum Gasteiger partial charge on any atom is -0.454 e. The molecule has 0 unspecified atom stereocenters. The number of aromatic nitrogens is 3. The van der Waals surface area contributed by atoms with E-state index >= 15 is 0 Å². The molecule has 0 atom stereocenters. The third-order valence-corrected chi connectivity index (χ3v) is 5.50. The zero-order chi connectivity index (χ0) is 19.1. The van der Waals surface area contributed by atoms with Crippen LogP contribution in [-0.4, -0.2) is 35.5 Å². The smallest absolute Gasteiger partial charge is 0.231 e. The van der Waals surface area contributed by atoms with Gasteiger partial charge in [0.2, 0.25) is 16.9 Å². The van der Waals surface area contributed by atoms with Crippen LogP contribution in [0, 0.1) is 0 Å². The Bertz CT molecular complexity index is 1150. The highest BCUT2D eigenvalue weighted by Gasteiger charge is 2.15. The molecule has 8 heteroatoms. The van der Waals surface area contributed by atoms with Crippen molar-refractivity contribution in [3.63, 3.8) is 0 Å². The lowest BCUT2D eigenvalue weighted by Crippen LogP contribution is -2.08. The standard InChI is InChI=1S/C20H19N5O2S/c1-24(2)15-5-3-4-14(9-15)16-11-22-20-25(16)23-19(28-20)21-10-13-6-7-17-18(8-13)27-12-26-17/h3-9,11H,10,12H2,1-2H3,(H,21,23). The van der Waals surface area contributed by atoms with Gasteiger partial charge in [-0.3, -0.25) is 0 Å². The fraction of sp³-hybridized carbons (Fsp3) is 0.200. The van der Waals surface area contributed by atoms with Gasteiger partial charge in [0.15, 0.2) is 11.5 Å². The van der Waals surface area contributed by atoms with Gasteiger partial charge in [-0.1, -0.05) is 29.5 Å². The van der Waals surface area contributed by atoms with E-state index in [9.17, 15) is 0 Å². The first-order chi connectivity index (χ1) is 13.7. The maximum Gasteiger partial charge on any atom is 0.231 e. The van der Waals surface area contributed by atoms with E-state index in [1.165, 1.54) is 11.3 Å². The van der Waals surface area contributed by atoms with E-state index in [-0.39, 0.29) is 6.79 Å².